The van der Waals surface area contributed by atoms with Crippen molar-refractivity contribution < 1.29 is 4.79 Å². The lowest BCUT2D eigenvalue weighted by Crippen LogP contribution is -2.24. The number of nitrogens with two attached hydrogens (primary N) is 1. The number of carbonyl (C=O) groups is 1. The molecule has 0 atom stereocenters. The van der Waals surface area contributed by atoms with E-state index in [4.69, 9.17) is 5.73 Å². The molecule has 1 aliphatic heterocycles. The van der Waals surface area contributed by atoms with E-state index in [9.17, 15) is 4.79 Å². The Bertz CT molecular complexity index is 491. The van der Waals surface area contributed by atoms with Crippen molar-refractivity contribution in [1.29, 1.82) is 0 Å². The summed E-state index contributed by atoms with van der Waals surface area (Å²) in [5.74, 6) is 0.167. The van der Waals surface area contributed by atoms with Crippen LogP contribution in [0.4, 0.5) is 10.7 Å². The lowest BCUT2D eigenvalue weighted by atomic mass is 9.85. The van der Waals surface area contributed by atoms with Crippen molar-refractivity contribution in [2.75, 3.05) is 23.7 Å². The minimum absolute atomic E-state index is 0.00636. The lowest BCUT2D eigenvalue weighted by molar-refractivity contribution is 0.0944. The Labute approximate surface area is 126 Å². The second-order valence-corrected chi connectivity index (χ2v) is 7.92. The van der Waals surface area contributed by atoms with Gasteiger partial charge in [-0.2, -0.15) is 0 Å². The van der Waals surface area contributed by atoms with Crippen LogP contribution in [0.2, 0.25) is 0 Å². The largest absolute Gasteiger partial charge is 0.397 e. The Hall–Kier alpha value is -1.03. The van der Waals surface area contributed by atoms with Gasteiger partial charge in [-0.3, -0.25) is 4.79 Å². The highest BCUT2D eigenvalue weighted by Crippen LogP contribution is 2.37. The van der Waals surface area contributed by atoms with Gasteiger partial charge in [-0.05, 0) is 30.7 Å². The molecule has 2 N–H and O–H groups in total. The molecule has 1 saturated heterocycles. The average Bonchev–Trinajstić information content (AvgIpc) is 2.64. The number of nitrogen functional groups attached to an aromatic ring is 1. The third-order valence-electron chi connectivity index (χ3n) is 4.15. The van der Waals surface area contributed by atoms with Crippen LogP contribution in [-0.4, -0.2) is 18.9 Å². The standard InChI is InChI=1S/C16H26N2OS/c1-11(2)14(19)15-12(17)10-13(20-15)18-8-5-6-16(3,4)7-9-18/h10-11H,5-9,17H2,1-4H3. The van der Waals surface area contributed by atoms with Crippen molar-refractivity contribution in [3.63, 3.8) is 0 Å². The molecule has 0 saturated carbocycles. The number of carbonyl (C=O) groups excluding carboxylic acids is 1. The van der Waals surface area contributed by atoms with Crippen LogP contribution in [0.1, 0.15) is 56.6 Å². The highest BCUT2D eigenvalue weighted by atomic mass is 32.1. The number of ketones is 1. The molecule has 0 unspecified atom stereocenters. The number of anilines is 2. The molecule has 0 amide bonds. The summed E-state index contributed by atoms with van der Waals surface area (Å²) in [4.78, 5) is 15.3. The molecule has 1 fully saturated rings. The van der Waals surface area contributed by atoms with Crippen LogP contribution in [0.15, 0.2) is 6.07 Å². The van der Waals surface area contributed by atoms with E-state index in [0.717, 1.165) is 23.0 Å². The molecule has 1 aliphatic rings. The predicted molar refractivity (Wildman–Crippen MR) is 87.7 cm³/mol. The quantitative estimate of drug-likeness (QED) is 0.850. The topological polar surface area (TPSA) is 46.3 Å². The fourth-order valence-corrected chi connectivity index (χ4v) is 3.87. The van der Waals surface area contributed by atoms with E-state index in [1.165, 1.54) is 19.3 Å². The zero-order chi connectivity index (χ0) is 14.9. The van der Waals surface area contributed by atoms with Gasteiger partial charge < -0.3 is 10.6 Å². The van der Waals surface area contributed by atoms with Crippen molar-refractivity contribution in [2.24, 2.45) is 11.3 Å². The van der Waals surface area contributed by atoms with Gasteiger partial charge in [0.2, 0.25) is 0 Å². The molecule has 4 heteroatoms. The van der Waals surface area contributed by atoms with Crippen LogP contribution in [-0.2, 0) is 0 Å². The first-order valence-electron chi connectivity index (χ1n) is 7.48. The van der Waals surface area contributed by atoms with Gasteiger partial charge in [0.1, 0.15) is 0 Å². The maximum absolute atomic E-state index is 12.1. The first-order chi connectivity index (χ1) is 9.30. The number of rotatable bonds is 3. The molecule has 20 heavy (non-hydrogen) atoms. The molecule has 112 valence electrons. The normalized spacial score (nSPS) is 19.1. The summed E-state index contributed by atoms with van der Waals surface area (Å²) in [7, 11) is 0. The van der Waals surface area contributed by atoms with Crippen LogP contribution >= 0.6 is 11.3 Å². The summed E-state index contributed by atoms with van der Waals surface area (Å²) in [6, 6.07) is 1.98. The Balaban J connectivity index is 2.18. The van der Waals surface area contributed by atoms with Crippen molar-refractivity contribution in [3.8, 4) is 0 Å². The maximum atomic E-state index is 12.1. The number of thiophene rings is 1. The van der Waals surface area contributed by atoms with Gasteiger partial charge in [-0.1, -0.05) is 27.7 Å². The van der Waals surface area contributed by atoms with Crippen LogP contribution in [0.3, 0.4) is 0 Å². The second-order valence-electron chi connectivity index (χ2n) is 6.89. The SMILES string of the molecule is CC(C)C(=O)c1sc(N2CCCC(C)(C)CC2)cc1N. The molecular weight excluding hydrogens is 268 g/mol. The minimum atomic E-state index is 0.00636. The highest BCUT2D eigenvalue weighted by Gasteiger charge is 2.25. The molecule has 0 aromatic carbocycles. The molecule has 3 nitrogen and oxygen atoms in total. The van der Waals surface area contributed by atoms with E-state index >= 15 is 0 Å². The van der Waals surface area contributed by atoms with Gasteiger partial charge >= 0.3 is 0 Å². The van der Waals surface area contributed by atoms with Gasteiger partial charge in [-0.25, -0.2) is 0 Å². The van der Waals surface area contributed by atoms with Gasteiger partial charge in [0.05, 0.1) is 15.6 Å². The predicted octanol–water partition coefficient (Wildman–Crippen LogP) is 4.19. The Morgan fingerprint density at radius 2 is 2.05 bits per heavy atom. The Morgan fingerprint density at radius 3 is 2.70 bits per heavy atom. The molecule has 0 spiro atoms. The van der Waals surface area contributed by atoms with Gasteiger partial charge in [-0.15, -0.1) is 11.3 Å². The van der Waals surface area contributed by atoms with Crippen LogP contribution < -0.4 is 10.6 Å². The maximum Gasteiger partial charge on any atom is 0.177 e. The minimum Gasteiger partial charge on any atom is -0.397 e. The molecule has 2 rings (SSSR count). The third kappa shape index (κ3) is 3.35. The number of hydrogen-bond acceptors (Lipinski definition) is 4. The fraction of sp³-hybridized carbons (Fsp3) is 0.688. The van der Waals surface area contributed by atoms with Gasteiger partial charge in [0, 0.05) is 19.0 Å². The Morgan fingerprint density at radius 1 is 1.35 bits per heavy atom. The van der Waals surface area contributed by atoms with Gasteiger partial charge in [0.15, 0.2) is 5.78 Å². The van der Waals surface area contributed by atoms with E-state index in [1.807, 2.05) is 19.9 Å². The third-order valence-corrected chi connectivity index (χ3v) is 5.37. The fourth-order valence-electron chi connectivity index (χ4n) is 2.65. The Kier molecular flexibility index (Phi) is 4.43. The number of hydrogen-bond donors (Lipinski definition) is 1. The first kappa shape index (κ1) is 15.4. The van der Waals surface area contributed by atoms with Crippen molar-refractivity contribution in [2.45, 2.75) is 47.0 Å². The van der Waals surface area contributed by atoms with E-state index in [2.05, 4.69) is 18.7 Å². The molecule has 0 radical (unpaired) electrons. The highest BCUT2D eigenvalue weighted by molar-refractivity contribution is 7.18. The van der Waals surface area contributed by atoms with Gasteiger partial charge in [0.25, 0.3) is 0 Å². The molecule has 0 bridgehead atoms. The average molecular weight is 294 g/mol. The molecule has 2 heterocycles. The van der Waals surface area contributed by atoms with Crippen molar-refractivity contribution in [3.05, 3.63) is 10.9 Å². The van der Waals surface area contributed by atoms with E-state index in [1.54, 1.807) is 11.3 Å². The molecule has 1 aromatic rings. The zero-order valence-corrected chi connectivity index (χ0v) is 13.8. The van der Waals surface area contributed by atoms with Crippen LogP contribution in [0.5, 0.6) is 0 Å². The summed E-state index contributed by atoms with van der Waals surface area (Å²) < 4.78 is 0. The summed E-state index contributed by atoms with van der Waals surface area (Å²) in [5.41, 5.74) is 7.11. The van der Waals surface area contributed by atoms with Crippen molar-refractivity contribution >= 4 is 27.8 Å². The monoisotopic (exact) mass is 294 g/mol. The number of nitrogens with zero attached hydrogens (tertiary/aromatic N) is 1. The molecular formula is C16H26N2OS. The summed E-state index contributed by atoms with van der Waals surface area (Å²) in [6.07, 6.45) is 3.67. The smallest absolute Gasteiger partial charge is 0.177 e. The summed E-state index contributed by atoms with van der Waals surface area (Å²) in [5, 5.41) is 1.16. The zero-order valence-electron chi connectivity index (χ0n) is 13.0. The summed E-state index contributed by atoms with van der Waals surface area (Å²) >= 11 is 1.56. The van der Waals surface area contributed by atoms with Crippen molar-refractivity contribution in [1.82, 2.24) is 0 Å². The first-order valence-corrected chi connectivity index (χ1v) is 8.30. The van der Waals surface area contributed by atoms with E-state index < -0.39 is 0 Å². The summed E-state index contributed by atoms with van der Waals surface area (Å²) in [6.45, 7) is 10.7. The number of Topliss-reactive ketones (excluding diaryl/α,β-unsaturated/α-hetero) is 1. The van der Waals surface area contributed by atoms with Crippen LogP contribution in [0, 0.1) is 11.3 Å². The molecule has 1 aromatic heterocycles. The second kappa shape index (κ2) is 5.76. The van der Waals surface area contributed by atoms with Crippen LogP contribution in [0.25, 0.3) is 0 Å². The molecule has 0 aliphatic carbocycles. The van der Waals surface area contributed by atoms with E-state index in [-0.39, 0.29) is 11.7 Å². The van der Waals surface area contributed by atoms with E-state index in [0.29, 0.717) is 11.1 Å². The lowest BCUT2D eigenvalue weighted by Gasteiger charge is -2.23.